The van der Waals surface area contributed by atoms with Crippen LogP contribution in [0.25, 0.3) is 0 Å². The van der Waals surface area contributed by atoms with Crippen LogP contribution in [-0.2, 0) is 11.2 Å². The van der Waals surface area contributed by atoms with Gasteiger partial charge in [0.1, 0.15) is 11.6 Å². The van der Waals surface area contributed by atoms with E-state index in [-0.39, 0.29) is 23.9 Å². The summed E-state index contributed by atoms with van der Waals surface area (Å²) in [5.41, 5.74) is 0.109. The molecule has 0 spiro atoms. The average molecular weight is 254 g/mol. The Morgan fingerprint density at radius 1 is 1.50 bits per heavy atom. The highest BCUT2D eigenvalue weighted by molar-refractivity contribution is 5.79. The molecule has 1 aromatic rings. The molecule has 3 nitrogen and oxygen atoms in total. The third kappa shape index (κ3) is 2.85. The number of hydrogen-bond acceptors (Lipinski definition) is 2. The Balaban J connectivity index is 2.03. The van der Waals surface area contributed by atoms with Crippen LogP contribution in [-0.4, -0.2) is 37.0 Å². The summed E-state index contributed by atoms with van der Waals surface area (Å²) >= 11 is 0. The number of rotatable bonds is 3. The highest BCUT2D eigenvalue weighted by Crippen LogP contribution is 2.13. The van der Waals surface area contributed by atoms with E-state index in [1.807, 2.05) is 0 Å². The van der Waals surface area contributed by atoms with Crippen LogP contribution in [0, 0.1) is 11.6 Å². The molecule has 1 atom stereocenters. The van der Waals surface area contributed by atoms with Crippen molar-refractivity contribution < 1.29 is 13.6 Å². The minimum Gasteiger partial charge on any atom is -0.341 e. The van der Waals surface area contributed by atoms with E-state index in [9.17, 15) is 13.6 Å². The normalized spacial score (nSPS) is 18.9. The molecule has 98 valence electrons. The van der Waals surface area contributed by atoms with Crippen LogP contribution in [0.15, 0.2) is 18.2 Å². The van der Waals surface area contributed by atoms with Gasteiger partial charge in [-0.1, -0.05) is 0 Å². The van der Waals surface area contributed by atoms with Gasteiger partial charge in [0.15, 0.2) is 0 Å². The molecule has 1 unspecified atom stereocenters. The maximum Gasteiger partial charge on any atom is 0.227 e. The Labute approximate surface area is 105 Å². The first-order chi connectivity index (χ1) is 8.58. The first-order valence-corrected chi connectivity index (χ1v) is 5.98. The van der Waals surface area contributed by atoms with Crippen LogP contribution in [0.4, 0.5) is 8.78 Å². The molecule has 1 aliphatic rings. The predicted octanol–water partition coefficient (Wildman–Crippen LogP) is 1.33. The molecule has 0 aromatic heterocycles. The lowest BCUT2D eigenvalue weighted by molar-refractivity contribution is -0.130. The molecule has 18 heavy (non-hydrogen) atoms. The Kier molecular flexibility index (Phi) is 3.91. The van der Waals surface area contributed by atoms with Gasteiger partial charge in [-0.15, -0.1) is 0 Å². The zero-order valence-corrected chi connectivity index (χ0v) is 10.2. The van der Waals surface area contributed by atoms with Crippen LogP contribution in [0.1, 0.15) is 12.0 Å². The minimum atomic E-state index is -0.539. The Morgan fingerprint density at radius 2 is 2.28 bits per heavy atom. The molecule has 0 saturated carbocycles. The maximum absolute atomic E-state index is 13.4. The van der Waals surface area contributed by atoms with Crippen LogP contribution in [0.2, 0.25) is 0 Å². The zero-order chi connectivity index (χ0) is 13.1. The third-order valence-electron chi connectivity index (χ3n) is 3.32. The summed E-state index contributed by atoms with van der Waals surface area (Å²) in [6, 6.07) is 3.32. The van der Waals surface area contributed by atoms with E-state index in [0.29, 0.717) is 0 Å². The van der Waals surface area contributed by atoms with E-state index in [0.717, 1.165) is 37.7 Å². The molecule has 2 rings (SSSR count). The van der Waals surface area contributed by atoms with E-state index in [4.69, 9.17) is 0 Å². The lowest BCUT2D eigenvalue weighted by Gasteiger charge is -2.23. The standard InChI is InChI=1S/C13H16F2N2O/c1-17(11-4-5-16-8-11)13(18)7-9-6-10(14)2-3-12(9)15/h2-3,6,11,16H,4-5,7-8H2,1H3. The Bertz CT molecular complexity index is 445. The Hall–Kier alpha value is -1.49. The van der Waals surface area contributed by atoms with E-state index >= 15 is 0 Å². The first kappa shape index (κ1) is 13.0. The summed E-state index contributed by atoms with van der Waals surface area (Å²) in [5, 5.41) is 3.16. The fraction of sp³-hybridized carbons (Fsp3) is 0.462. The molecule has 0 radical (unpaired) electrons. The van der Waals surface area contributed by atoms with Gasteiger partial charge in [0.05, 0.1) is 6.42 Å². The van der Waals surface area contributed by atoms with Crippen LogP contribution < -0.4 is 5.32 Å². The number of hydrogen-bond donors (Lipinski definition) is 1. The van der Waals surface area contributed by atoms with Crippen molar-refractivity contribution in [2.75, 3.05) is 20.1 Å². The van der Waals surface area contributed by atoms with Gasteiger partial charge in [-0.25, -0.2) is 8.78 Å². The van der Waals surface area contributed by atoms with Crippen molar-refractivity contribution in [2.24, 2.45) is 0 Å². The monoisotopic (exact) mass is 254 g/mol. The van der Waals surface area contributed by atoms with Gasteiger partial charge >= 0.3 is 0 Å². The summed E-state index contributed by atoms with van der Waals surface area (Å²) in [7, 11) is 1.71. The fourth-order valence-electron chi connectivity index (χ4n) is 2.14. The summed E-state index contributed by atoms with van der Waals surface area (Å²) < 4.78 is 26.4. The predicted molar refractivity (Wildman–Crippen MR) is 64.1 cm³/mol. The van der Waals surface area contributed by atoms with Gasteiger partial charge < -0.3 is 10.2 Å². The molecule has 0 bridgehead atoms. The number of nitrogens with one attached hydrogen (secondary N) is 1. The number of carbonyl (C=O) groups excluding carboxylic acids is 1. The smallest absolute Gasteiger partial charge is 0.227 e. The number of benzene rings is 1. The molecular formula is C13H16F2N2O. The molecule has 1 amide bonds. The van der Waals surface area contributed by atoms with E-state index in [1.54, 1.807) is 11.9 Å². The molecule has 1 fully saturated rings. The third-order valence-corrected chi connectivity index (χ3v) is 3.32. The highest BCUT2D eigenvalue weighted by atomic mass is 19.1. The molecule has 1 saturated heterocycles. The molecule has 1 aliphatic heterocycles. The molecular weight excluding hydrogens is 238 g/mol. The van der Waals surface area contributed by atoms with E-state index in [1.165, 1.54) is 0 Å². The van der Waals surface area contributed by atoms with Crippen molar-refractivity contribution in [1.82, 2.24) is 10.2 Å². The highest BCUT2D eigenvalue weighted by Gasteiger charge is 2.23. The zero-order valence-electron chi connectivity index (χ0n) is 10.2. The SMILES string of the molecule is CN(C(=O)Cc1cc(F)ccc1F)C1CCNC1. The Morgan fingerprint density at radius 3 is 2.94 bits per heavy atom. The van der Waals surface area contributed by atoms with Gasteiger partial charge in [0, 0.05) is 25.2 Å². The summed E-state index contributed by atoms with van der Waals surface area (Å²) in [5.74, 6) is -1.25. The lowest BCUT2D eigenvalue weighted by Crippen LogP contribution is -2.39. The lowest BCUT2D eigenvalue weighted by atomic mass is 10.1. The second kappa shape index (κ2) is 5.44. The second-order valence-corrected chi connectivity index (χ2v) is 4.56. The summed E-state index contributed by atoms with van der Waals surface area (Å²) in [6.45, 7) is 1.64. The van der Waals surface area contributed by atoms with Gasteiger partial charge in [-0.3, -0.25) is 4.79 Å². The van der Waals surface area contributed by atoms with Crippen LogP contribution in [0.5, 0.6) is 0 Å². The number of halogens is 2. The van der Waals surface area contributed by atoms with Crippen molar-refractivity contribution in [3.63, 3.8) is 0 Å². The van der Waals surface area contributed by atoms with Crippen molar-refractivity contribution >= 4 is 5.91 Å². The van der Waals surface area contributed by atoms with Crippen molar-refractivity contribution in [3.05, 3.63) is 35.4 Å². The number of amides is 1. The van der Waals surface area contributed by atoms with Crippen LogP contribution in [0.3, 0.4) is 0 Å². The second-order valence-electron chi connectivity index (χ2n) is 4.56. The van der Waals surface area contributed by atoms with Crippen molar-refractivity contribution in [1.29, 1.82) is 0 Å². The largest absolute Gasteiger partial charge is 0.341 e. The van der Waals surface area contributed by atoms with Gasteiger partial charge in [-0.2, -0.15) is 0 Å². The summed E-state index contributed by atoms with van der Waals surface area (Å²) in [6.07, 6.45) is 0.796. The number of likely N-dealkylation sites (N-methyl/N-ethyl adjacent to an activating group) is 1. The number of carbonyl (C=O) groups is 1. The topological polar surface area (TPSA) is 32.3 Å². The average Bonchev–Trinajstić information content (AvgIpc) is 2.86. The van der Waals surface area contributed by atoms with Gasteiger partial charge in [0.2, 0.25) is 5.91 Å². The number of nitrogens with zero attached hydrogens (tertiary/aromatic N) is 1. The van der Waals surface area contributed by atoms with Crippen molar-refractivity contribution in [3.8, 4) is 0 Å². The molecule has 1 aromatic carbocycles. The first-order valence-electron chi connectivity index (χ1n) is 5.98. The van der Waals surface area contributed by atoms with Gasteiger partial charge in [0.25, 0.3) is 0 Å². The maximum atomic E-state index is 13.4. The van der Waals surface area contributed by atoms with Crippen molar-refractivity contribution in [2.45, 2.75) is 18.9 Å². The van der Waals surface area contributed by atoms with Crippen LogP contribution >= 0.6 is 0 Å². The van der Waals surface area contributed by atoms with E-state index in [2.05, 4.69) is 5.32 Å². The molecule has 0 aliphatic carbocycles. The van der Waals surface area contributed by atoms with E-state index < -0.39 is 11.6 Å². The summed E-state index contributed by atoms with van der Waals surface area (Å²) in [4.78, 5) is 13.6. The van der Waals surface area contributed by atoms with Gasteiger partial charge in [-0.05, 0) is 31.2 Å². The minimum absolute atomic E-state index is 0.101. The molecule has 1 heterocycles. The molecule has 1 N–H and O–H groups in total. The fourth-order valence-corrected chi connectivity index (χ4v) is 2.14. The molecule has 5 heteroatoms. The quantitative estimate of drug-likeness (QED) is 0.882.